The third kappa shape index (κ3) is 7.29. The number of nitrogens with zero attached hydrogens (tertiary/aromatic N) is 2. The fourth-order valence-corrected chi connectivity index (χ4v) is 12.2. The summed E-state index contributed by atoms with van der Waals surface area (Å²) < 4.78 is 29.6. The van der Waals surface area contributed by atoms with Gasteiger partial charge in [0.25, 0.3) is 0 Å². The van der Waals surface area contributed by atoms with Gasteiger partial charge in [-0.1, -0.05) is 0 Å². The molecule has 2 radical (unpaired) electrons. The number of hydrogen-bond donors (Lipinski definition) is 1. The number of rotatable bonds is 14. The average molecular weight is 532 g/mol. The first-order valence-electron chi connectivity index (χ1n) is 10.5. The molecule has 1 N–H and O–H groups in total. The number of fused-ring (bicyclic) bond motifs is 1. The molecule has 0 aliphatic rings. The van der Waals surface area contributed by atoms with Crippen LogP contribution in [0, 0.1) is 0 Å². The van der Waals surface area contributed by atoms with Crippen LogP contribution in [0.4, 0.5) is 0 Å². The van der Waals surface area contributed by atoms with Crippen molar-refractivity contribution in [3.05, 3.63) is 18.2 Å². The second-order valence-corrected chi connectivity index (χ2v) is 17.0. The summed E-state index contributed by atoms with van der Waals surface area (Å²) >= 11 is 1.08. The molecule has 8 heteroatoms. The molecule has 0 aliphatic heterocycles. The topological polar surface area (TPSA) is 63.5 Å². The molecule has 2 heterocycles. The van der Waals surface area contributed by atoms with Gasteiger partial charge in [-0.25, -0.2) is 0 Å². The minimum absolute atomic E-state index is 0.271. The normalized spacial score (nSPS) is 12.9. The van der Waals surface area contributed by atoms with Gasteiger partial charge in [0.1, 0.15) is 0 Å². The van der Waals surface area contributed by atoms with Crippen molar-refractivity contribution in [2.45, 2.75) is 88.5 Å². The molecule has 2 rings (SSSR count). The van der Waals surface area contributed by atoms with Crippen molar-refractivity contribution in [3.8, 4) is 0 Å². The monoisotopic (exact) mass is 533 g/mol. The predicted molar refractivity (Wildman–Crippen MR) is 121 cm³/mol. The number of aromatic nitrogens is 2. The molecule has 0 saturated carbocycles. The van der Waals surface area contributed by atoms with Gasteiger partial charge in [-0.05, 0) is 0 Å². The van der Waals surface area contributed by atoms with Crippen LogP contribution in [-0.4, -0.2) is 45.2 Å². The number of unbranched alkanes of at least 4 members (excludes halogenated alkanes) is 3. The summed E-state index contributed by atoms with van der Waals surface area (Å²) in [6, 6.07) is 0. The van der Waals surface area contributed by atoms with E-state index in [0.29, 0.717) is 3.43 Å². The third-order valence-electron chi connectivity index (χ3n) is 5.20. The molecule has 5 nitrogen and oxygen atoms in total. The van der Waals surface area contributed by atoms with Crippen molar-refractivity contribution >= 4 is 50.2 Å². The van der Waals surface area contributed by atoms with Crippen LogP contribution in [0.2, 0.25) is 3.43 Å². The van der Waals surface area contributed by atoms with E-state index in [1.165, 1.54) is 64.0 Å². The molecule has 28 heavy (non-hydrogen) atoms. The van der Waals surface area contributed by atoms with Crippen LogP contribution in [0.25, 0.3) is 4.83 Å². The van der Waals surface area contributed by atoms with E-state index < -0.39 is 31.2 Å². The Hall–Kier alpha value is -0.121. The molecular formula is C20H35N3O2S2Sn. The van der Waals surface area contributed by atoms with E-state index >= 15 is 0 Å². The van der Waals surface area contributed by atoms with Crippen molar-refractivity contribution in [1.82, 2.24) is 14.1 Å². The van der Waals surface area contributed by atoms with E-state index in [4.69, 9.17) is 0 Å². The standard InChI is InChI=1S/C13H27.C7H8N3O2S2.Sn/c1-4-7-10-13(11-8-5-2)12-9-6-3;1-14(11,12)9-4-6-7-10(5-8-6)2-3-13-7;/h4-12H2,1-3H3;2,5,9H,4H2,1H3;. The van der Waals surface area contributed by atoms with Gasteiger partial charge in [0, 0.05) is 0 Å². The Balaban J connectivity index is 2.23. The Bertz CT molecular complexity index is 808. The van der Waals surface area contributed by atoms with Gasteiger partial charge in [-0.3, -0.25) is 0 Å². The van der Waals surface area contributed by atoms with E-state index in [2.05, 4.69) is 41.1 Å². The van der Waals surface area contributed by atoms with Gasteiger partial charge in [0.05, 0.1) is 0 Å². The molecule has 0 amide bonds. The van der Waals surface area contributed by atoms with Crippen LogP contribution in [0.5, 0.6) is 0 Å². The Morgan fingerprint density at radius 2 is 1.68 bits per heavy atom. The Kier molecular flexibility index (Phi) is 9.76. The molecule has 158 valence electrons. The molecular weight excluding hydrogens is 497 g/mol. The van der Waals surface area contributed by atoms with Crippen LogP contribution in [-0.2, 0) is 16.6 Å². The summed E-state index contributed by atoms with van der Waals surface area (Å²) in [6.45, 7) is 7.18. The number of sulfonamides is 1. The van der Waals surface area contributed by atoms with Crippen molar-refractivity contribution in [1.29, 1.82) is 0 Å². The summed E-state index contributed by atoms with van der Waals surface area (Å²) in [5.74, 6) is 0. The zero-order chi connectivity index (χ0) is 20.6. The predicted octanol–water partition coefficient (Wildman–Crippen LogP) is 4.50. The van der Waals surface area contributed by atoms with Gasteiger partial charge < -0.3 is 0 Å². The van der Waals surface area contributed by atoms with Crippen LogP contribution in [0.1, 0.15) is 84.3 Å². The van der Waals surface area contributed by atoms with Gasteiger partial charge in [0.2, 0.25) is 0 Å². The zero-order valence-corrected chi connectivity index (χ0v) is 22.2. The average Bonchev–Trinajstić information content (AvgIpc) is 3.20. The molecule has 0 atom stereocenters. The fourth-order valence-electron chi connectivity index (χ4n) is 3.60. The van der Waals surface area contributed by atoms with Crippen molar-refractivity contribution in [2.75, 3.05) is 6.26 Å². The van der Waals surface area contributed by atoms with E-state index in [9.17, 15) is 8.42 Å². The minimum atomic E-state index is -3.21. The van der Waals surface area contributed by atoms with Crippen LogP contribution in [0.15, 0.2) is 12.5 Å². The molecule has 0 spiro atoms. The Morgan fingerprint density at radius 3 is 2.18 bits per heavy atom. The molecule has 0 unspecified atom stereocenters. The molecule has 2 aromatic heterocycles. The Morgan fingerprint density at radius 1 is 1.11 bits per heavy atom. The maximum absolute atomic E-state index is 11.4. The van der Waals surface area contributed by atoms with Gasteiger partial charge in [-0.2, -0.15) is 0 Å². The molecule has 0 aliphatic carbocycles. The van der Waals surface area contributed by atoms with Gasteiger partial charge in [-0.15, -0.1) is 0 Å². The number of thiazole rings is 1. The molecule has 0 fully saturated rings. The van der Waals surface area contributed by atoms with Crippen molar-refractivity contribution < 1.29 is 8.42 Å². The van der Waals surface area contributed by atoms with Crippen molar-refractivity contribution in [3.63, 3.8) is 0 Å². The SMILES string of the molecule is CCCC[C](CCCC)(CCCC)[Sn][c]1cn2cnc(CNS(C)(=O)=O)c2s1. The Labute approximate surface area is 185 Å². The van der Waals surface area contributed by atoms with Gasteiger partial charge in [0.15, 0.2) is 0 Å². The second kappa shape index (κ2) is 11.3. The third-order valence-corrected chi connectivity index (χ3v) is 13.1. The van der Waals surface area contributed by atoms with Crippen LogP contribution < -0.4 is 7.62 Å². The summed E-state index contributed by atoms with van der Waals surface area (Å²) in [5, 5.41) is 0. The fraction of sp³-hybridized carbons (Fsp3) is 0.750. The van der Waals surface area contributed by atoms with Gasteiger partial charge >= 0.3 is 186 Å². The molecule has 2 aromatic rings. The molecule has 0 saturated heterocycles. The van der Waals surface area contributed by atoms with E-state index in [1.807, 2.05) is 17.7 Å². The first kappa shape index (κ1) is 24.2. The first-order valence-corrected chi connectivity index (χ1v) is 16.1. The van der Waals surface area contributed by atoms with E-state index in [1.54, 1.807) is 2.89 Å². The number of nitrogens with one attached hydrogen (secondary N) is 1. The zero-order valence-electron chi connectivity index (χ0n) is 17.8. The quantitative estimate of drug-likeness (QED) is 0.365. The number of imidazole rings is 1. The maximum atomic E-state index is 11.4. The summed E-state index contributed by atoms with van der Waals surface area (Å²) in [4.78, 5) is 5.51. The van der Waals surface area contributed by atoms with E-state index in [0.717, 1.165) is 10.5 Å². The van der Waals surface area contributed by atoms with Crippen LogP contribution >= 0.6 is 11.3 Å². The summed E-state index contributed by atoms with van der Waals surface area (Å²) in [7, 11) is -3.21. The molecule has 0 bridgehead atoms. The molecule has 0 aromatic carbocycles. The van der Waals surface area contributed by atoms with Crippen molar-refractivity contribution in [2.24, 2.45) is 0 Å². The number of hydrogen-bond acceptors (Lipinski definition) is 4. The summed E-state index contributed by atoms with van der Waals surface area (Å²) in [6.07, 6.45) is 17.3. The second-order valence-electron chi connectivity index (χ2n) is 7.81. The van der Waals surface area contributed by atoms with E-state index in [-0.39, 0.29) is 6.54 Å². The summed E-state index contributed by atoms with van der Waals surface area (Å²) in [5.41, 5.74) is 0.835. The van der Waals surface area contributed by atoms with Crippen LogP contribution in [0.3, 0.4) is 0 Å². The first-order chi connectivity index (χ1) is 13.3.